The van der Waals surface area contributed by atoms with Crippen molar-refractivity contribution >= 4 is 5.91 Å². The van der Waals surface area contributed by atoms with Crippen LogP contribution in [0.15, 0.2) is 24.3 Å². The Labute approximate surface area is 118 Å². The van der Waals surface area contributed by atoms with Crippen LogP contribution in [0.4, 0.5) is 4.39 Å². The van der Waals surface area contributed by atoms with E-state index >= 15 is 0 Å². The minimum absolute atomic E-state index is 0.0265. The number of piperidine rings is 1. The lowest BCUT2D eigenvalue weighted by molar-refractivity contribution is -0.140. The zero-order valence-electron chi connectivity index (χ0n) is 11.7. The van der Waals surface area contributed by atoms with E-state index in [1.807, 2.05) is 6.92 Å². The first-order valence-corrected chi connectivity index (χ1v) is 7.07. The van der Waals surface area contributed by atoms with E-state index in [9.17, 15) is 9.18 Å². The van der Waals surface area contributed by atoms with Gasteiger partial charge in [-0.1, -0.05) is 19.1 Å². The summed E-state index contributed by atoms with van der Waals surface area (Å²) >= 11 is 0. The fourth-order valence-corrected chi connectivity index (χ4v) is 2.42. The molecule has 2 rings (SSSR count). The minimum atomic E-state index is -0.655. The second kappa shape index (κ2) is 6.70. The van der Waals surface area contributed by atoms with Crippen molar-refractivity contribution in [3.05, 3.63) is 30.1 Å². The molecule has 1 saturated heterocycles. The van der Waals surface area contributed by atoms with Crippen LogP contribution >= 0.6 is 0 Å². The van der Waals surface area contributed by atoms with Gasteiger partial charge in [0, 0.05) is 19.1 Å². The van der Waals surface area contributed by atoms with Crippen LogP contribution in [0.3, 0.4) is 0 Å². The highest BCUT2D eigenvalue weighted by Crippen LogP contribution is 2.20. The molecule has 0 aromatic heterocycles. The molecule has 1 aliphatic heterocycles. The third-order valence-corrected chi connectivity index (χ3v) is 3.52. The lowest BCUT2D eigenvalue weighted by Gasteiger charge is -2.33. The smallest absolute Gasteiger partial charge is 0.263 e. The molecule has 2 unspecified atom stereocenters. The number of nitrogens with zero attached hydrogens (tertiary/aromatic N) is 1. The zero-order chi connectivity index (χ0) is 14.5. The molecule has 110 valence electrons. The molecular formula is C15H21FN2O2. The van der Waals surface area contributed by atoms with Gasteiger partial charge in [-0.15, -0.1) is 0 Å². The van der Waals surface area contributed by atoms with Crippen molar-refractivity contribution in [2.75, 3.05) is 13.1 Å². The van der Waals surface area contributed by atoms with Crippen LogP contribution in [0.2, 0.25) is 0 Å². The number of carbonyl (C=O) groups excluding carboxylic acids is 1. The molecule has 0 bridgehead atoms. The topological polar surface area (TPSA) is 55.6 Å². The molecule has 2 atom stereocenters. The van der Waals surface area contributed by atoms with E-state index in [0.717, 1.165) is 12.8 Å². The molecule has 1 heterocycles. The summed E-state index contributed by atoms with van der Waals surface area (Å²) in [5.74, 6) is -0.436. The van der Waals surface area contributed by atoms with Crippen LogP contribution in [-0.2, 0) is 4.79 Å². The minimum Gasteiger partial charge on any atom is -0.478 e. The molecule has 0 aliphatic carbocycles. The number of nitrogens with two attached hydrogens (primary N) is 1. The summed E-state index contributed by atoms with van der Waals surface area (Å²) in [5.41, 5.74) is 5.89. The Balaban J connectivity index is 2.04. The largest absolute Gasteiger partial charge is 0.478 e. The molecule has 1 aliphatic rings. The highest BCUT2D eigenvalue weighted by atomic mass is 19.1. The van der Waals surface area contributed by atoms with Gasteiger partial charge in [0.2, 0.25) is 0 Å². The molecular weight excluding hydrogens is 259 g/mol. The van der Waals surface area contributed by atoms with E-state index < -0.39 is 11.9 Å². The maximum Gasteiger partial charge on any atom is 0.263 e. The third-order valence-electron chi connectivity index (χ3n) is 3.52. The maximum absolute atomic E-state index is 13.6. The Bertz CT molecular complexity index is 467. The van der Waals surface area contributed by atoms with E-state index in [-0.39, 0.29) is 17.7 Å². The number of carbonyl (C=O) groups is 1. The first kappa shape index (κ1) is 14.8. The molecule has 1 aromatic carbocycles. The maximum atomic E-state index is 13.6. The second-order valence-electron chi connectivity index (χ2n) is 5.13. The third kappa shape index (κ3) is 3.48. The van der Waals surface area contributed by atoms with Crippen LogP contribution in [0.25, 0.3) is 0 Å². The molecule has 1 aromatic rings. The van der Waals surface area contributed by atoms with Gasteiger partial charge in [-0.05, 0) is 31.4 Å². The van der Waals surface area contributed by atoms with Gasteiger partial charge in [0.15, 0.2) is 17.7 Å². The second-order valence-corrected chi connectivity index (χ2v) is 5.13. The van der Waals surface area contributed by atoms with E-state index in [2.05, 4.69) is 0 Å². The van der Waals surface area contributed by atoms with Gasteiger partial charge in [-0.2, -0.15) is 0 Å². The number of benzene rings is 1. The fourth-order valence-electron chi connectivity index (χ4n) is 2.42. The van der Waals surface area contributed by atoms with Crippen LogP contribution in [-0.4, -0.2) is 36.0 Å². The van der Waals surface area contributed by atoms with E-state index in [4.69, 9.17) is 10.5 Å². The number of rotatable bonds is 4. The average Bonchev–Trinajstić information content (AvgIpc) is 2.46. The predicted octanol–water partition coefficient (Wildman–Crippen LogP) is 1.93. The summed E-state index contributed by atoms with van der Waals surface area (Å²) in [6.45, 7) is 3.10. The molecule has 4 nitrogen and oxygen atoms in total. The normalized spacial score (nSPS) is 20.6. The molecule has 2 N–H and O–H groups in total. The van der Waals surface area contributed by atoms with Crippen molar-refractivity contribution < 1.29 is 13.9 Å². The van der Waals surface area contributed by atoms with Crippen molar-refractivity contribution in [2.24, 2.45) is 5.73 Å². The predicted molar refractivity (Wildman–Crippen MR) is 74.9 cm³/mol. The molecule has 5 heteroatoms. The number of ether oxygens (including phenoxy) is 1. The van der Waals surface area contributed by atoms with Crippen LogP contribution < -0.4 is 10.5 Å². The summed E-state index contributed by atoms with van der Waals surface area (Å²) in [7, 11) is 0. The standard InChI is InChI=1S/C15H21FN2O2/c1-2-13(20-14-8-4-3-7-12(14)16)15(19)18-9-5-6-11(17)10-18/h3-4,7-8,11,13H,2,5-6,9-10,17H2,1H3. The molecule has 0 radical (unpaired) electrons. The summed E-state index contributed by atoms with van der Waals surface area (Å²) < 4.78 is 19.1. The Kier molecular flexibility index (Phi) is 4.95. The number of hydrogen-bond acceptors (Lipinski definition) is 3. The SMILES string of the molecule is CCC(Oc1ccccc1F)C(=O)N1CCCC(N)C1. The van der Waals surface area contributed by atoms with Crippen molar-refractivity contribution in [1.82, 2.24) is 4.90 Å². The summed E-state index contributed by atoms with van der Waals surface area (Å²) in [5, 5.41) is 0. The highest BCUT2D eigenvalue weighted by molar-refractivity contribution is 5.81. The molecule has 20 heavy (non-hydrogen) atoms. The Morgan fingerprint density at radius 3 is 2.95 bits per heavy atom. The van der Waals surface area contributed by atoms with E-state index in [0.29, 0.717) is 19.5 Å². The quantitative estimate of drug-likeness (QED) is 0.917. The van der Waals surface area contributed by atoms with Crippen molar-refractivity contribution in [3.63, 3.8) is 0 Å². The number of halogens is 1. The van der Waals surface area contributed by atoms with Gasteiger partial charge in [-0.25, -0.2) is 4.39 Å². The number of amides is 1. The Morgan fingerprint density at radius 1 is 1.55 bits per heavy atom. The van der Waals surface area contributed by atoms with Gasteiger partial charge in [0.25, 0.3) is 5.91 Å². The summed E-state index contributed by atoms with van der Waals surface area (Å²) in [6, 6.07) is 6.16. The number of hydrogen-bond donors (Lipinski definition) is 1. The van der Waals surface area contributed by atoms with Crippen LogP contribution in [0.1, 0.15) is 26.2 Å². The van der Waals surface area contributed by atoms with Crippen molar-refractivity contribution in [3.8, 4) is 5.75 Å². The van der Waals surface area contributed by atoms with Gasteiger partial charge in [-0.3, -0.25) is 4.79 Å². The van der Waals surface area contributed by atoms with Crippen LogP contribution in [0.5, 0.6) is 5.75 Å². The fraction of sp³-hybridized carbons (Fsp3) is 0.533. The molecule has 0 saturated carbocycles. The summed E-state index contributed by atoms with van der Waals surface area (Å²) in [6.07, 6.45) is 1.69. The monoisotopic (exact) mass is 280 g/mol. The summed E-state index contributed by atoms with van der Waals surface area (Å²) in [4.78, 5) is 14.1. The van der Waals surface area contributed by atoms with Gasteiger partial charge < -0.3 is 15.4 Å². The lowest BCUT2D eigenvalue weighted by atomic mass is 10.1. The Hall–Kier alpha value is -1.62. The van der Waals surface area contributed by atoms with E-state index in [1.54, 1.807) is 17.0 Å². The zero-order valence-corrected chi connectivity index (χ0v) is 11.7. The van der Waals surface area contributed by atoms with Crippen molar-refractivity contribution in [1.29, 1.82) is 0 Å². The number of likely N-dealkylation sites (tertiary alicyclic amines) is 1. The van der Waals surface area contributed by atoms with Gasteiger partial charge >= 0.3 is 0 Å². The lowest BCUT2D eigenvalue weighted by Crippen LogP contribution is -2.50. The Morgan fingerprint density at radius 2 is 2.30 bits per heavy atom. The number of para-hydroxylation sites is 1. The van der Waals surface area contributed by atoms with Gasteiger partial charge in [0.1, 0.15) is 0 Å². The first-order valence-electron chi connectivity index (χ1n) is 7.07. The van der Waals surface area contributed by atoms with E-state index in [1.165, 1.54) is 12.1 Å². The first-order chi connectivity index (χ1) is 9.61. The molecule has 1 fully saturated rings. The molecule has 0 spiro atoms. The average molecular weight is 280 g/mol. The highest BCUT2D eigenvalue weighted by Gasteiger charge is 2.28. The molecule has 1 amide bonds. The van der Waals surface area contributed by atoms with Crippen molar-refractivity contribution in [2.45, 2.75) is 38.3 Å². The van der Waals surface area contributed by atoms with Gasteiger partial charge in [0.05, 0.1) is 0 Å². The van der Waals surface area contributed by atoms with Crippen LogP contribution in [0, 0.1) is 5.82 Å².